The lowest BCUT2D eigenvalue weighted by atomic mass is 9.84. The van der Waals surface area contributed by atoms with Gasteiger partial charge in [0.1, 0.15) is 0 Å². The summed E-state index contributed by atoms with van der Waals surface area (Å²) in [6.45, 7) is 3.27. The lowest BCUT2D eigenvalue weighted by Crippen LogP contribution is -2.31. The summed E-state index contributed by atoms with van der Waals surface area (Å²) < 4.78 is 1.90. The van der Waals surface area contributed by atoms with E-state index in [1.807, 2.05) is 17.9 Å². The third-order valence-electron chi connectivity index (χ3n) is 4.38. The van der Waals surface area contributed by atoms with Gasteiger partial charge in [-0.3, -0.25) is 4.68 Å². The second-order valence-electron chi connectivity index (χ2n) is 6.06. The maximum Gasteiger partial charge on any atom is 0.0522 e. The monoisotopic (exact) mass is 263 g/mol. The van der Waals surface area contributed by atoms with Gasteiger partial charge in [0.15, 0.2) is 0 Å². The van der Waals surface area contributed by atoms with E-state index in [4.69, 9.17) is 0 Å². The van der Waals surface area contributed by atoms with Crippen LogP contribution >= 0.6 is 0 Å². The highest BCUT2D eigenvalue weighted by Gasteiger charge is 2.16. The Morgan fingerprint density at radius 3 is 2.79 bits per heavy atom. The van der Waals surface area contributed by atoms with Gasteiger partial charge in [0.05, 0.1) is 6.20 Å². The Balaban J connectivity index is 1.78. The van der Waals surface area contributed by atoms with E-state index in [1.54, 1.807) is 0 Å². The molecule has 1 saturated carbocycles. The molecule has 0 aromatic carbocycles. The maximum atomic E-state index is 4.27. The molecule has 19 heavy (non-hydrogen) atoms. The number of hydrogen-bond donors (Lipinski definition) is 1. The Bertz CT molecular complexity index is 353. The Kier molecular flexibility index (Phi) is 5.90. The molecule has 1 aliphatic carbocycles. The van der Waals surface area contributed by atoms with Gasteiger partial charge in [-0.2, -0.15) is 5.10 Å². The number of rotatable bonds is 7. The first-order valence-electron chi connectivity index (χ1n) is 7.99. The van der Waals surface area contributed by atoms with Crippen molar-refractivity contribution in [3.8, 4) is 0 Å². The van der Waals surface area contributed by atoms with Gasteiger partial charge in [0, 0.05) is 19.3 Å². The summed E-state index contributed by atoms with van der Waals surface area (Å²) in [4.78, 5) is 0. The molecule has 1 fully saturated rings. The van der Waals surface area contributed by atoms with E-state index in [0.717, 1.165) is 18.9 Å². The molecule has 0 amide bonds. The zero-order valence-corrected chi connectivity index (χ0v) is 12.6. The van der Waals surface area contributed by atoms with E-state index >= 15 is 0 Å². The van der Waals surface area contributed by atoms with Gasteiger partial charge in [0.2, 0.25) is 0 Å². The van der Waals surface area contributed by atoms with Crippen molar-refractivity contribution >= 4 is 0 Å². The highest BCUT2D eigenvalue weighted by Crippen LogP contribution is 2.28. The van der Waals surface area contributed by atoms with Gasteiger partial charge in [-0.15, -0.1) is 0 Å². The van der Waals surface area contributed by atoms with Gasteiger partial charge < -0.3 is 5.32 Å². The highest BCUT2D eigenvalue weighted by molar-refractivity contribution is 5.05. The minimum Gasteiger partial charge on any atom is -0.314 e. The Morgan fingerprint density at radius 2 is 2.16 bits per heavy atom. The molecular formula is C16H29N3. The normalized spacial score (nSPS) is 18.6. The average Bonchev–Trinajstić information content (AvgIpc) is 2.83. The smallest absolute Gasteiger partial charge is 0.0522 e. The summed E-state index contributed by atoms with van der Waals surface area (Å²) in [7, 11) is 1.99. The van der Waals surface area contributed by atoms with E-state index in [1.165, 1.54) is 50.5 Å². The van der Waals surface area contributed by atoms with Crippen molar-refractivity contribution in [2.75, 3.05) is 6.54 Å². The molecule has 3 heteroatoms. The van der Waals surface area contributed by atoms with Crippen LogP contribution in [-0.2, 0) is 13.5 Å². The molecule has 1 heterocycles. The summed E-state index contributed by atoms with van der Waals surface area (Å²) >= 11 is 0. The van der Waals surface area contributed by atoms with E-state index in [0.29, 0.717) is 6.04 Å². The molecule has 0 saturated heterocycles. The minimum atomic E-state index is 0.621. The van der Waals surface area contributed by atoms with Crippen LogP contribution in [0, 0.1) is 5.92 Å². The van der Waals surface area contributed by atoms with Gasteiger partial charge in [-0.05, 0) is 37.3 Å². The molecular weight excluding hydrogens is 234 g/mol. The van der Waals surface area contributed by atoms with Gasteiger partial charge in [-0.1, -0.05) is 39.0 Å². The zero-order chi connectivity index (χ0) is 13.5. The van der Waals surface area contributed by atoms with Crippen molar-refractivity contribution in [2.45, 2.75) is 64.3 Å². The number of nitrogens with one attached hydrogen (secondary N) is 1. The summed E-state index contributed by atoms with van der Waals surface area (Å²) in [6, 6.07) is 0.621. The Labute approximate surface area is 117 Å². The molecule has 1 unspecified atom stereocenters. The summed E-state index contributed by atoms with van der Waals surface area (Å²) in [5.41, 5.74) is 1.36. The lowest BCUT2D eigenvalue weighted by molar-refractivity contribution is 0.313. The SMILES string of the molecule is CCNC(CCC1CCCCC1)Cc1cnn(C)c1. The third kappa shape index (κ3) is 4.98. The van der Waals surface area contributed by atoms with Crippen molar-refractivity contribution in [2.24, 2.45) is 13.0 Å². The number of likely N-dealkylation sites (N-methyl/N-ethyl adjacent to an activating group) is 1. The third-order valence-corrected chi connectivity index (χ3v) is 4.38. The first-order valence-corrected chi connectivity index (χ1v) is 7.99. The van der Waals surface area contributed by atoms with Gasteiger partial charge in [-0.25, -0.2) is 0 Å². The number of hydrogen-bond acceptors (Lipinski definition) is 2. The second kappa shape index (κ2) is 7.68. The first-order chi connectivity index (χ1) is 9.28. The van der Waals surface area contributed by atoms with Crippen LogP contribution < -0.4 is 5.32 Å². The quantitative estimate of drug-likeness (QED) is 0.818. The molecule has 0 spiro atoms. The number of aryl methyl sites for hydroxylation is 1. The highest BCUT2D eigenvalue weighted by atomic mass is 15.2. The maximum absolute atomic E-state index is 4.27. The Morgan fingerprint density at radius 1 is 1.37 bits per heavy atom. The van der Waals surface area contributed by atoms with Crippen molar-refractivity contribution in [1.82, 2.24) is 15.1 Å². The van der Waals surface area contributed by atoms with Crippen molar-refractivity contribution in [3.05, 3.63) is 18.0 Å². The second-order valence-corrected chi connectivity index (χ2v) is 6.06. The fourth-order valence-corrected chi connectivity index (χ4v) is 3.34. The molecule has 108 valence electrons. The molecule has 1 atom stereocenters. The molecule has 0 aliphatic heterocycles. The van der Waals surface area contributed by atoms with Crippen LogP contribution in [0.2, 0.25) is 0 Å². The summed E-state index contributed by atoms with van der Waals surface area (Å²) in [6.07, 6.45) is 15.3. The molecule has 0 bridgehead atoms. The van der Waals surface area contributed by atoms with Crippen LogP contribution in [0.25, 0.3) is 0 Å². The van der Waals surface area contributed by atoms with E-state index in [9.17, 15) is 0 Å². The number of aromatic nitrogens is 2. The molecule has 3 nitrogen and oxygen atoms in total. The van der Waals surface area contributed by atoms with E-state index < -0.39 is 0 Å². The number of nitrogens with zero attached hydrogens (tertiary/aromatic N) is 2. The van der Waals surface area contributed by atoms with Crippen LogP contribution in [0.3, 0.4) is 0 Å². The van der Waals surface area contributed by atoms with Crippen LogP contribution in [0.5, 0.6) is 0 Å². The predicted molar refractivity (Wildman–Crippen MR) is 80.2 cm³/mol. The largest absolute Gasteiger partial charge is 0.314 e. The minimum absolute atomic E-state index is 0.621. The van der Waals surface area contributed by atoms with Gasteiger partial charge >= 0.3 is 0 Å². The van der Waals surface area contributed by atoms with Crippen LogP contribution in [-0.4, -0.2) is 22.4 Å². The predicted octanol–water partition coefficient (Wildman–Crippen LogP) is 3.30. The zero-order valence-electron chi connectivity index (χ0n) is 12.6. The average molecular weight is 263 g/mol. The van der Waals surface area contributed by atoms with Crippen molar-refractivity contribution < 1.29 is 0 Å². The standard InChI is InChI=1S/C16H29N3/c1-3-17-16(11-15-12-18-19(2)13-15)10-9-14-7-5-4-6-8-14/h12-14,16-17H,3-11H2,1-2H3. The van der Waals surface area contributed by atoms with Crippen LogP contribution in [0.4, 0.5) is 0 Å². The molecule has 2 rings (SSSR count). The fourth-order valence-electron chi connectivity index (χ4n) is 3.34. The molecule has 1 aliphatic rings. The topological polar surface area (TPSA) is 29.9 Å². The van der Waals surface area contributed by atoms with Crippen LogP contribution in [0.1, 0.15) is 57.4 Å². The molecule has 0 radical (unpaired) electrons. The van der Waals surface area contributed by atoms with E-state index in [-0.39, 0.29) is 0 Å². The molecule has 1 N–H and O–H groups in total. The van der Waals surface area contributed by atoms with Crippen molar-refractivity contribution in [1.29, 1.82) is 0 Å². The van der Waals surface area contributed by atoms with E-state index in [2.05, 4.69) is 23.5 Å². The first kappa shape index (κ1) is 14.6. The van der Waals surface area contributed by atoms with Gasteiger partial charge in [0.25, 0.3) is 0 Å². The molecule has 1 aromatic heterocycles. The fraction of sp³-hybridized carbons (Fsp3) is 0.812. The van der Waals surface area contributed by atoms with Crippen LogP contribution in [0.15, 0.2) is 12.4 Å². The Hall–Kier alpha value is -0.830. The molecule has 1 aromatic rings. The lowest BCUT2D eigenvalue weighted by Gasteiger charge is -2.24. The summed E-state index contributed by atoms with van der Waals surface area (Å²) in [5.74, 6) is 0.990. The summed E-state index contributed by atoms with van der Waals surface area (Å²) in [5, 5.41) is 7.91. The van der Waals surface area contributed by atoms with Crippen molar-refractivity contribution in [3.63, 3.8) is 0 Å².